The van der Waals surface area contributed by atoms with Crippen LogP contribution in [0.4, 0.5) is 5.13 Å². The Kier molecular flexibility index (Phi) is 4.59. The highest BCUT2D eigenvalue weighted by Crippen LogP contribution is 2.26. The molecule has 1 heterocycles. The van der Waals surface area contributed by atoms with E-state index >= 15 is 0 Å². The van der Waals surface area contributed by atoms with Crippen LogP contribution in [-0.2, 0) is 4.79 Å². The van der Waals surface area contributed by atoms with E-state index in [1.165, 1.54) is 11.3 Å². The van der Waals surface area contributed by atoms with Gasteiger partial charge in [0.2, 0.25) is 5.91 Å². The predicted molar refractivity (Wildman–Crippen MR) is 85.3 cm³/mol. The number of phenolic OH excluding ortho intramolecular Hbond substituents is 1. The fourth-order valence-corrected chi connectivity index (χ4v) is 2.68. The monoisotopic (exact) mass is 305 g/mol. The number of hydrogen-bond acceptors (Lipinski definition) is 5. The highest BCUT2D eigenvalue weighted by Gasteiger charge is 2.27. The van der Waals surface area contributed by atoms with Crippen molar-refractivity contribution in [1.82, 2.24) is 4.98 Å². The summed E-state index contributed by atoms with van der Waals surface area (Å²) in [5, 5.41) is 14.4. The van der Waals surface area contributed by atoms with Crippen molar-refractivity contribution in [3.05, 3.63) is 29.6 Å². The lowest BCUT2D eigenvalue weighted by Gasteiger charge is -2.21. The molecule has 1 amide bonds. The van der Waals surface area contributed by atoms with Gasteiger partial charge in [0.25, 0.3) is 0 Å². The zero-order chi connectivity index (χ0) is 15.5. The summed E-state index contributed by atoms with van der Waals surface area (Å²) < 4.78 is 0. The van der Waals surface area contributed by atoms with Crippen LogP contribution in [0.15, 0.2) is 29.6 Å². The van der Waals surface area contributed by atoms with Gasteiger partial charge in [0.15, 0.2) is 5.13 Å². The molecule has 0 aliphatic carbocycles. The van der Waals surface area contributed by atoms with Crippen molar-refractivity contribution in [2.24, 2.45) is 5.73 Å². The van der Waals surface area contributed by atoms with Gasteiger partial charge in [-0.15, -0.1) is 11.3 Å². The first-order chi connectivity index (χ1) is 9.92. The normalized spacial score (nSPS) is 13.7. The van der Waals surface area contributed by atoms with Gasteiger partial charge in [-0.2, -0.15) is 0 Å². The third kappa shape index (κ3) is 3.80. The van der Waals surface area contributed by atoms with E-state index in [9.17, 15) is 9.90 Å². The molecule has 112 valence electrons. The molecule has 0 bridgehead atoms. The maximum absolute atomic E-state index is 12.1. The smallest absolute Gasteiger partial charge is 0.245 e. The molecule has 0 aliphatic rings. The predicted octanol–water partition coefficient (Wildman–Crippen LogP) is 2.97. The van der Waals surface area contributed by atoms with Crippen LogP contribution in [0, 0.1) is 0 Å². The summed E-state index contributed by atoms with van der Waals surface area (Å²) in [6, 6.07) is 6.76. The number of carbonyl (C=O) groups is 1. The average molecular weight is 305 g/mol. The topological polar surface area (TPSA) is 88.2 Å². The molecule has 4 N–H and O–H groups in total. The minimum atomic E-state index is -0.890. The number of thiazole rings is 1. The van der Waals surface area contributed by atoms with Crippen LogP contribution in [0.3, 0.4) is 0 Å². The van der Waals surface area contributed by atoms with Gasteiger partial charge in [0, 0.05) is 10.9 Å². The molecule has 2 aromatic rings. The van der Waals surface area contributed by atoms with Crippen molar-refractivity contribution >= 4 is 22.4 Å². The number of aromatic nitrogens is 1. The summed E-state index contributed by atoms with van der Waals surface area (Å²) in [6.45, 7) is 3.71. The van der Waals surface area contributed by atoms with Gasteiger partial charge in [-0.05, 0) is 37.6 Å². The number of carbonyl (C=O) groups excluding carboxylic acids is 1. The molecule has 0 aliphatic heterocycles. The zero-order valence-electron chi connectivity index (χ0n) is 12.1. The van der Waals surface area contributed by atoms with E-state index in [4.69, 9.17) is 5.73 Å². The molecule has 6 heteroatoms. The number of nitrogens with one attached hydrogen (secondary N) is 1. The van der Waals surface area contributed by atoms with Gasteiger partial charge in [-0.25, -0.2) is 4.98 Å². The number of aromatic hydroxyl groups is 1. The van der Waals surface area contributed by atoms with E-state index in [0.717, 1.165) is 17.7 Å². The Bertz CT molecular complexity index is 620. The number of rotatable bonds is 5. The van der Waals surface area contributed by atoms with Crippen LogP contribution in [-0.4, -0.2) is 21.5 Å². The number of phenols is 1. The summed E-state index contributed by atoms with van der Waals surface area (Å²) in [7, 11) is 0. The van der Waals surface area contributed by atoms with Crippen molar-refractivity contribution in [3.63, 3.8) is 0 Å². The maximum Gasteiger partial charge on any atom is 0.245 e. The summed E-state index contributed by atoms with van der Waals surface area (Å²) in [5.41, 5.74) is 6.74. The molecule has 0 fully saturated rings. The first-order valence-corrected chi connectivity index (χ1v) is 7.65. The molecule has 21 heavy (non-hydrogen) atoms. The maximum atomic E-state index is 12.1. The van der Waals surface area contributed by atoms with Crippen molar-refractivity contribution in [2.45, 2.75) is 32.2 Å². The Hall–Kier alpha value is -1.92. The quantitative estimate of drug-likeness (QED) is 0.792. The Balaban J connectivity index is 2.10. The molecule has 1 aromatic carbocycles. The Morgan fingerprint density at radius 3 is 2.71 bits per heavy atom. The SMILES string of the molecule is CCCC(C)(N)C(=O)Nc1nc(-c2ccc(O)cc2)cs1. The zero-order valence-corrected chi connectivity index (χ0v) is 12.9. The summed E-state index contributed by atoms with van der Waals surface area (Å²) in [5.74, 6) is -0.0167. The number of hydrogen-bond donors (Lipinski definition) is 3. The summed E-state index contributed by atoms with van der Waals surface area (Å²) >= 11 is 1.35. The van der Waals surface area contributed by atoms with Crippen LogP contribution >= 0.6 is 11.3 Å². The lowest BCUT2D eigenvalue weighted by Crippen LogP contribution is -2.48. The lowest BCUT2D eigenvalue weighted by atomic mass is 9.97. The molecule has 0 saturated carbocycles. The Morgan fingerprint density at radius 2 is 2.10 bits per heavy atom. The number of anilines is 1. The minimum absolute atomic E-state index is 0.209. The fourth-order valence-electron chi connectivity index (χ4n) is 1.97. The molecular formula is C15H19N3O2S. The van der Waals surface area contributed by atoms with Crippen molar-refractivity contribution in [1.29, 1.82) is 0 Å². The molecule has 1 unspecified atom stereocenters. The molecule has 5 nitrogen and oxygen atoms in total. The Morgan fingerprint density at radius 1 is 1.43 bits per heavy atom. The third-order valence-electron chi connectivity index (χ3n) is 3.18. The standard InChI is InChI=1S/C15H19N3O2S/c1-3-8-15(2,16)13(20)18-14-17-12(9-21-14)10-4-6-11(19)7-5-10/h4-7,9,19H,3,8,16H2,1-2H3,(H,17,18,20). The highest BCUT2D eigenvalue weighted by atomic mass is 32.1. The van der Waals surface area contributed by atoms with E-state index in [1.807, 2.05) is 12.3 Å². The van der Waals surface area contributed by atoms with Gasteiger partial charge in [-0.3, -0.25) is 4.79 Å². The van der Waals surface area contributed by atoms with E-state index in [2.05, 4.69) is 10.3 Å². The minimum Gasteiger partial charge on any atom is -0.508 e. The first-order valence-electron chi connectivity index (χ1n) is 6.77. The van der Waals surface area contributed by atoms with Gasteiger partial charge >= 0.3 is 0 Å². The second-order valence-electron chi connectivity index (χ2n) is 5.21. The van der Waals surface area contributed by atoms with Crippen molar-refractivity contribution in [3.8, 4) is 17.0 Å². The molecule has 2 rings (SSSR count). The van der Waals surface area contributed by atoms with Gasteiger partial charge in [0.05, 0.1) is 11.2 Å². The van der Waals surface area contributed by atoms with Crippen LogP contribution in [0.5, 0.6) is 5.75 Å². The molecule has 1 aromatic heterocycles. The molecule has 0 saturated heterocycles. The van der Waals surface area contributed by atoms with Crippen LogP contribution in [0.1, 0.15) is 26.7 Å². The van der Waals surface area contributed by atoms with Crippen LogP contribution in [0.2, 0.25) is 0 Å². The van der Waals surface area contributed by atoms with E-state index < -0.39 is 5.54 Å². The van der Waals surface area contributed by atoms with Crippen molar-refractivity contribution in [2.75, 3.05) is 5.32 Å². The highest BCUT2D eigenvalue weighted by molar-refractivity contribution is 7.14. The van der Waals surface area contributed by atoms with Gasteiger partial charge in [0.1, 0.15) is 5.75 Å². The molecule has 0 spiro atoms. The summed E-state index contributed by atoms with van der Waals surface area (Å²) in [6.07, 6.45) is 1.46. The lowest BCUT2D eigenvalue weighted by molar-refractivity contribution is -0.120. The van der Waals surface area contributed by atoms with E-state index in [0.29, 0.717) is 11.6 Å². The number of nitrogens with two attached hydrogens (primary N) is 1. The Labute approximate surface area is 127 Å². The molecule has 1 atom stereocenters. The van der Waals surface area contributed by atoms with E-state index in [1.54, 1.807) is 31.2 Å². The second-order valence-corrected chi connectivity index (χ2v) is 6.06. The van der Waals surface area contributed by atoms with Gasteiger partial charge in [-0.1, -0.05) is 13.3 Å². The number of amides is 1. The third-order valence-corrected chi connectivity index (χ3v) is 3.93. The number of nitrogens with zero attached hydrogens (tertiary/aromatic N) is 1. The average Bonchev–Trinajstić information content (AvgIpc) is 2.88. The van der Waals surface area contributed by atoms with Crippen molar-refractivity contribution < 1.29 is 9.90 Å². The van der Waals surface area contributed by atoms with Crippen LogP contribution < -0.4 is 11.1 Å². The van der Waals surface area contributed by atoms with Gasteiger partial charge < -0.3 is 16.2 Å². The summed E-state index contributed by atoms with van der Waals surface area (Å²) in [4.78, 5) is 16.5. The molecule has 0 radical (unpaired) electrons. The number of benzene rings is 1. The fraction of sp³-hybridized carbons (Fsp3) is 0.333. The largest absolute Gasteiger partial charge is 0.508 e. The second kappa shape index (κ2) is 6.24. The van der Waals surface area contributed by atoms with Crippen LogP contribution in [0.25, 0.3) is 11.3 Å². The van der Waals surface area contributed by atoms with E-state index in [-0.39, 0.29) is 11.7 Å². The molecular weight excluding hydrogens is 286 g/mol. The first kappa shape index (κ1) is 15.5.